The molecule has 1 aliphatic rings. The van der Waals surface area contributed by atoms with E-state index in [0.717, 1.165) is 4.57 Å². The number of halogens is 2. The first kappa shape index (κ1) is 14.3. The van der Waals surface area contributed by atoms with Crippen molar-refractivity contribution in [3.05, 3.63) is 17.0 Å². The fraction of sp³-hybridized carbons (Fsp3) is 0.600. The zero-order valence-corrected chi connectivity index (χ0v) is 10.6. The standard InChI is InChI=1S/C10H13F2N3O3S/c11-4-10(17)7(12)5(3-16)18-8(10)15-2-1-6(13)14-9(15)19/h1-2,5,7-8,16-17H,3-4H2,(H2,13,14,19)/t5-,7+,8-,10?/m1/s1. The molecule has 1 unspecified atom stereocenters. The van der Waals surface area contributed by atoms with Crippen LogP contribution in [0.1, 0.15) is 6.23 Å². The lowest BCUT2D eigenvalue weighted by molar-refractivity contribution is -0.112. The van der Waals surface area contributed by atoms with Crippen LogP contribution in [0.5, 0.6) is 0 Å². The maximum absolute atomic E-state index is 13.9. The average molecular weight is 293 g/mol. The molecule has 0 amide bonds. The van der Waals surface area contributed by atoms with Gasteiger partial charge in [-0.05, 0) is 18.3 Å². The Morgan fingerprint density at radius 2 is 2.32 bits per heavy atom. The summed E-state index contributed by atoms with van der Waals surface area (Å²) in [6.07, 6.45) is -3.50. The summed E-state index contributed by atoms with van der Waals surface area (Å²) in [5.74, 6) is 0.138. The van der Waals surface area contributed by atoms with Crippen molar-refractivity contribution in [2.24, 2.45) is 0 Å². The molecule has 0 aromatic carbocycles. The molecule has 2 heterocycles. The van der Waals surface area contributed by atoms with E-state index in [4.69, 9.17) is 27.8 Å². The van der Waals surface area contributed by atoms with Gasteiger partial charge < -0.3 is 20.7 Å². The highest BCUT2D eigenvalue weighted by atomic mass is 32.1. The highest BCUT2D eigenvalue weighted by molar-refractivity contribution is 7.71. The molecular formula is C10H13F2N3O3S. The van der Waals surface area contributed by atoms with E-state index in [1.54, 1.807) is 0 Å². The van der Waals surface area contributed by atoms with Crippen molar-refractivity contribution in [3.63, 3.8) is 0 Å². The molecule has 106 valence electrons. The Morgan fingerprint density at radius 3 is 2.84 bits per heavy atom. The average Bonchev–Trinajstić information content (AvgIpc) is 2.63. The molecular weight excluding hydrogens is 280 g/mol. The monoisotopic (exact) mass is 293 g/mol. The Kier molecular flexibility index (Phi) is 3.81. The predicted octanol–water partition coefficient (Wildman–Crippen LogP) is 0.123. The van der Waals surface area contributed by atoms with Crippen LogP contribution in [0.25, 0.3) is 0 Å². The van der Waals surface area contributed by atoms with E-state index >= 15 is 0 Å². The Morgan fingerprint density at radius 1 is 1.63 bits per heavy atom. The number of ether oxygens (including phenoxy) is 1. The minimum absolute atomic E-state index is 0.0809. The van der Waals surface area contributed by atoms with E-state index in [1.165, 1.54) is 12.3 Å². The van der Waals surface area contributed by atoms with Crippen LogP contribution in [0.15, 0.2) is 12.3 Å². The molecule has 1 aromatic heterocycles. The second-order valence-corrected chi connectivity index (χ2v) is 4.64. The molecule has 4 atom stereocenters. The number of nitrogens with two attached hydrogens (primary N) is 1. The smallest absolute Gasteiger partial charge is 0.203 e. The molecule has 1 saturated heterocycles. The van der Waals surface area contributed by atoms with Gasteiger partial charge in [-0.25, -0.2) is 13.8 Å². The van der Waals surface area contributed by atoms with Crippen molar-refractivity contribution in [2.45, 2.75) is 24.1 Å². The van der Waals surface area contributed by atoms with E-state index in [9.17, 15) is 13.9 Å². The second-order valence-electron chi connectivity index (χ2n) is 4.28. The first-order chi connectivity index (χ1) is 8.93. The zero-order chi connectivity index (χ0) is 14.2. The molecule has 1 aliphatic heterocycles. The number of aliphatic hydroxyl groups excluding tert-OH is 1. The van der Waals surface area contributed by atoms with Crippen LogP contribution < -0.4 is 5.73 Å². The summed E-state index contributed by atoms with van der Waals surface area (Å²) in [4.78, 5) is 3.75. The summed E-state index contributed by atoms with van der Waals surface area (Å²) in [6, 6.07) is 1.36. The summed E-state index contributed by atoms with van der Waals surface area (Å²) in [6.45, 7) is -2.07. The van der Waals surface area contributed by atoms with Gasteiger partial charge in [0.2, 0.25) is 4.77 Å². The summed E-state index contributed by atoms with van der Waals surface area (Å²) in [7, 11) is 0. The van der Waals surface area contributed by atoms with E-state index < -0.39 is 37.4 Å². The van der Waals surface area contributed by atoms with Gasteiger partial charge in [0.05, 0.1) is 6.61 Å². The number of hydrogen-bond donors (Lipinski definition) is 3. The number of aliphatic hydroxyl groups is 2. The van der Waals surface area contributed by atoms with E-state index in [0.29, 0.717) is 0 Å². The molecule has 0 aliphatic carbocycles. The Hall–Kier alpha value is -1.16. The molecule has 0 radical (unpaired) electrons. The van der Waals surface area contributed by atoms with E-state index in [1.807, 2.05) is 0 Å². The quantitative estimate of drug-likeness (QED) is 0.686. The summed E-state index contributed by atoms with van der Waals surface area (Å²) in [5, 5.41) is 19.0. The maximum atomic E-state index is 13.9. The molecule has 0 saturated carbocycles. The predicted molar refractivity (Wildman–Crippen MR) is 64.3 cm³/mol. The molecule has 1 aromatic rings. The highest BCUT2D eigenvalue weighted by Crippen LogP contribution is 2.40. The van der Waals surface area contributed by atoms with Crippen molar-refractivity contribution >= 4 is 18.0 Å². The van der Waals surface area contributed by atoms with Crippen LogP contribution in [-0.4, -0.2) is 50.9 Å². The second kappa shape index (κ2) is 5.08. The van der Waals surface area contributed by atoms with Crippen LogP contribution in [0, 0.1) is 4.77 Å². The Bertz CT molecular complexity index is 529. The van der Waals surface area contributed by atoms with Gasteiger partial charge in [0.1, 0.15) is 18.6 Å². The molecule has 19 heavy (non-hydrogen) atoms. The topological polar surface area (TPSA) is 93.5 Å². The number of hydrogen-bond acceptors (Lipinski definition) is 6. The van der Waals surface area contributed by atoms with Gasteiger partial charge in [-0.1, -0.05) is 0 Å². The van der Waals surface area contributed by atoms with Crippen LogP contribution in [0.4, 0.5) is 14.6 Å². The normalized spacial score (nSPS) is 34.6. The van der Waals surface area contributed by atoms with Gasteiger partial charge in [0.25, 0.3) is 0 Å². The van der Waals surface area contributed by atoms with Gasteiger partial charge >= 0.3 is 0 Å². The van der Waals surface area contributed by atoms with E-state index in [2.05, 4.69) is 4.98 Å². The molecule has 4 N–H and O–H groups in total. The zero-order valence-electron chi connectivity index (χ0n) is 9.74. The maximum Gasteiger partial charge on any atom is 0.203 e. The highest BCUT2D eigenvalue weighted by Gasteiger charge is 2.57. The fourth-order valence-electron chi connectivity index (χ4n) is 2.00. The van der Waals surface area contributed by atoms with Gasteiger partial charge in [0.15, 0.2) is 18.0 Å². The first-order valence-electron chi connectivity index (χ1n) is 5.47. The lowest BCUT2D eigenvalue weighted by Crippen LogP contribution is -2.46. The van der Waals surface area contributed by atoms with Gasteiger partial charge in [-0.15, -0.1) is 0 Å². The molecule has 9 heteroatoms. The Balaban J connectivity index is 2.45. The minimum Gasteiger partial charge on any atom is -0.394 e. The lowest BCUT2D eigenvalue weighted by atomic mass is 9.97. The van der Waals surface area contributed by atoms with Crippen LogP contribution in [-0.2, 0) is 4.74 Å². The van der Waals surface area contributed by atoms with Crippen LogP contribution >= 0.6 is 12.2 Å². The van der Waals surface area contributed by atoms with Crippen LogP contribution in [0.3, 0.4) is 0 Å². The molecule has 2 rings (SSSR count). The van der Waals surface area contributed by atoms with Gasteiger partial charge in [-0.2, -0.15) is 0 Å². The largest absolute Gasteiger partial charge is 0.394 e. The fourth-order valence-corrected chi connectivity index (χ4v) is 2.26. The van der Waals surface area contributed by atoms with Crippen molar-refractivity contribution in [1.82, 2.24) is 9.55 Å². The van der Waals surface area contributed by atoms with Crippen molar-refractivity contribution in [2.75, 3.05) is 19.0 Å². The number of nitrogens with zero attached hydrogens (tertiary/aromatic N) is 2. The summed E-state index contributed by atoms with van der Waals surface area (Å²) < 4.78 is 33.1. The lowest BCUT2D eigenvalue weighted by Gasteiger charge is -2.28. The molecule has 1 fully saturated rings. The van der Waals surface area contributed by atoms with Gasteiger partial charge in [0, 0.05) is 6.20 Å². The van der Waals surface area contributed by atoms with Crippen molar-refractivity contribution in [1.29, 1.82) is 0 Å². The Labute approximate surface area is 112 Å². The SMILES string of the molecule is Nc1ccn([C@@H]2O[C@H](CO)[C@H](F)C2(O)CF)c(=S)n1. The van der Waals surface area contributed by atoms with Gasteiger partial charge in [-0.3, -0.25) is 4.57 Å². The van der Waals surface area contributed by atoms with Crippen LogP contribution in [0.2, 0.25) is 0 Å². The third-order valence-electron chi connectivity index (χ3n) is 3.03. The number of alkyl halides is 2. The summed E-state index contributed by atoms with van der Waals surface area (Å²) >= 11 is 4.91. The number of nitrogen functional groups attached to an aromatic ring is 1. The molecule has 0 spiro atoms. The number of rotatable bonds is 3. The number of aromatic nitrogens is 2. The van der Waals surface area contributed by atoms with E-state index in [-0.39, 0.29) is 10.6 Å². The first-order valence-corrected chi connectivity index (χ1v) is 5.88. The van der Waals surface area contributed by atoms with Crippen molar-refractivity contribution in [3.8, 4) is 0 Å². The minimum atomic E-state index is -2.43. The summed E-state index contributed by atoms with van der Waals surface area (Å²) in [5.41, 5.74) is 3.00. The third-order valence-corrected chi connectivity index (χ3v) is 3.34. The molecule has 6 nitrogen and oxygen atoms in total. The molecule has 0 bridgehead atoms. The third kappa shape index (κ3) is 2.22. The van der Waals surface area contributed by atoms with Crippen molar-refractivity contribution < 1.29 is 23.7 Å². The number of anilines is 1.